The molecule has 0 heterocycles. The second-order valence-electron chi connectivity index (χ2n) is 3.41. The molecule has 0 radical (unpaired) electrons. The second-order valence-corrected chi connectivity index (χ2v) is 4.26. The fourth-order valence-electron chi connectivity index (χ4n) is 1.09. The molecule has 0 fully saturated rings. The van der Waals surface area contributed by atoms with E-state index in [0.29, 0.717) is 0 Å². The first kappa shape index (κ1) is 15.2. The molecule has 0 aliphatic heterocycles. The minimum absolute atomic E-state index is 0.126. The van der Waals surface area contributed by atoms with Crippen LogP contribution < -0.4 is 4.74 Å². The van der Waals surface area contributed by atoms with E-state index in [1.165, 1.54) is 12.1 Å². The largest absolute Gasteiger partial charge is 0.490 e. The van der Waals surface area contributed by atoms with E-state index in [4.69, 9.17) is 10.00 Å². The zero-order valence-corrected chi connectivity index (χ0v) is 10.7. The lowest BCUT2D eigenvalue weighted by molar-refractivity contribution is -0.385. The lowest BCUT2D eigenvalue weighted by Crippen LogP contribution is -2.27. The van der Waals surface area contributed by atoms with Crippen molar-refractivity contribution in [1.82, 2.24) is 0 Å². The molecule has 0 amide bonds. The van der Waals surface area contributed by atoms with Crippen molar-refractivity contribution < 1.29 is 22.8 Å². The van der Waals surface area contributed by atoms with Crippen molar-refractivity contribution >= 4 is 21.6 Å². The van der Waals surface area contributed by atoms with Crippen LogP contribution >= 0.6 is 15.9 Å². The number of benzene rings is 1. The Morgan fingerprint density at radius 3 is 2.63 bits per heavy atom. The fourth-order valence-corrected chi connectivity index (χ4v) is 1.46. The van der Waals surface area contributed by atoms with Crippen molar-refractivity contribution in [2.45, 2.75) is 6.18 Å². The number of nitro benzene ring substituents is 1. The summed E-state index contributed by atoms with van der Waals surface area (Å²) in [5.41, 5.74) is -0.321. The van der Waals surface area contributed by atoms with Gasteiger partial charge >= 0.3 is 6.18 Å². The van der Waals surface area contributed by atoms with E-state index in [0.717, 1.165) is 12.1 Å². The summed E-state index contributed by atoms with van der Waals surface area (Å²) < 4.78 is 42.0. The van der Waals surface area contributed by atoms with Gasteiger partial charge in [0.25, 0.3) is 5.69 Å². The molecule has 5 nitrogen and oxygen atoms in total. The van der Waals surface area contributed by atoms with E-state index in [1.807, 2.05) is 0 Å². The van der Waals surface area contributed by atoms with Gasteiger partial charge in [-0.1, -0.05) is 0 Å². The maximum absolute atomic E-state index is 12.3. The zero-order valence-electron chi connectivity index (χ0n) is 9.15. The Hall–Kier alpha value is -1.82. The standard InChI is InChI=1S/C10H6BrF3N2O3/c11-8-2-1-7(16(17)18)3-9(8)19-5-6(4-15)10(12,13)14/h1-3,6H,5H2. The molecule has 0 saturated heterocycles. The third-order valence-electron chi connectivity index (χ3n) is 2.08. The molecular weight excluding hydrogens is 333 g/mol. The van der Waals surface area contributed by atoms with Gasteiger partial charge in [0.15, 0.2) is 5.92 Å². The van der Waals surface area contributed by atoms with Crippen LogP contribution in [0.1, 0.15) is 0 Å². The molecular formula is C10H6BrF3N2O3. The average Bonchev–Trinajstić information content (AvgIpc) is 2.30. The number of hydrogen-bond donors (Lipinski definition) is 0. The predicted molar refractivity (Wildman–Crippen MR) is 61.4 cm³/mol. The Balaban J connectivity index is 2.86. The van der Waals surface area contributed by atoms with Crippen LogP contribution in [-0.2, 0) is 0 Å². The van der Waals surface area contributed by atoms with Gasteiger partial charge in [0.1, 0.15) is 12.4 Å². The van der Waals surface area contributed by atoms with Crippen LogP contribution in [0.5, 0.6) is 5.75 Å². The van der Waals surface area contributed by atoms with E-state index < -0.39 is 23.6 Å². The molecule has 1 aromatic carbocycles. The monoisotopic (exact) mass is 338 g/mol. The zero-order chi connectivity index (χ0) is 14.6. The molecule has 1 atom stereocenters. The normalized spacial score (nSPS) is 12.6. The lowest BCUT2D eigenvalue weighted by atomic mass is 10.2. The summed E-state index contributed by atoms with van der Waals surface area (Å²) in [5, 5.41) is 18.9. The Kier molecular flexibility index (Phi) is 4.72. The quantitative estimate of drug-likeness (QED) is 0.622. The van der Waals surface area contributed by atoms with Gasteiger partial charge in [0.05, 0.1) is 21.5 Å². The van der Waals surface area contributed by atoms with Gasteiger partial charge in [0.2, 0.25) is 0 Å². The van der Waals surface area contributed by atoms with Crippen molar-refractivity contribution in [2.75, 3.05) is 6.61 Å². The SMILES string of the molecule is N#CC(COc1cc([N+](=O)[O-])ccc1Br)C(F)(F)F. The molecule has 0 saturated carbocycles. The fraction of sp³-hybridized carbons (Fsp3) is 0.300. The van der Waals surface area contributed by atoms with E-state index >= 15 is 0 Å². The van der Waals surface area contributed by atoms with Crippen molar-refractivity contribution in [1.29, 1.82) is 5.26 Å². The smallest absolute Gasteiger partial charge is 0.407 e. The number of halogens is 4. The first-order valence-electron chi connectivity index (χ1n) is 4.78. The summed E-state index contributed by atoms with van der Waals surface area (Å²) in [7, 11) is 0. The summed E-state index contributed by atoms with van der Waals surface area (Å²) in [6.07, 6.45) is -4.71. The van der Waals surface area contributed by atoms with Crippen LogP contribution in [-0.4, -0.2) is 17.7 Å². The summed E-state index contributed by atoms with van der Waals surface area (Å²) in [5.74, 6) is -2.42. The lowest BCUT2D eigenvalue weighted by Gasteiger charge is -2.14. The van der Waals surface area contributed by atoms with Crippen LogP contribution in [0.25, 0.3) is 0 Å². The van der Waals surface area contributed by atoms with Gasteiger partial charge in [-0.25, -0.2) is 0 Å². The van der Waals surface area contributed by atoms with Crippen LogP contribution in [0.3, 0.4) is 0 Å². The number of nitrogens with zero attached hydrogens (tertiary/aromatic N) is 2. The predicted octanol–water partition coefficient (Wildman–Crippen LogP) is 3.44. The molecule has 0 aromatic heterocycles. The first-order valence-corrected chi connectivity index (χ1v) is 5.58. The highest BCUT2D eigenvalue weighted by molar-refractivity contribution is 9.10. The minimum atomic E-state index is -4.71. The van der Waals surface area contributed by atoms with Gasteiger partial charge in [-0.2, -0.15) is 18.4 Å². The van der Waals surface area contributed by atoms with Crippen LogP contribution in [0.15, 0.2) is 22.7 Å². The van der Waals surface area contributed by atoms with E-state index in [2.05, 4.69) is 15.9 Å². The Labute approximate surface area is 113 Å². The van der Waals surface area contributed by atoms with Crippen molar-refractivity contribution in [3.8, 4) is 11.8 Å². The van der Waals surface area contributed by atoms with Crippen molar-refractivity contribution in [3.05, 3.63) is 32.8 Å². The summed E-state index contributed by atoms with van der Waals surface area (Å²) in [6, 6.07) is 4.50. The molecule has 1 aromatic rings. The van der Waals surface area contributed by atoms with Crippen LogP contribution in [0.4, 0.5) is 18.9 Å². The molecule has 0 aliphatic rings. The number of hydrogen-bond acceptors (Lipinski definition) is 4. The van der Waals surface area contributed by atoms with Gasteiger partial charge in [-0.15, -0.1) is 0 Å². The molecule has 1 unspecified atom stereocenters. The highest BCUT2D eigenvalue weighted by Gasteiger charge is 2.40. The molecule has 0 aliphatic carbocycles. The number of non-ortho nitro benzene ring substituents is 1. The van der Waals surface area contributed by atoms with Crippen molar-refractivity contribution in [3.63, 3.8) is 0 Å². The molecule has 19 heavy (non-hydrogen) atoms. The van der Waals surface area contributed by atoms with Crippen LogP contribution in [0, 0.1) is 27.4 Å². The summed E-state index contributed by atoms with van der Waals surface area (Å²) >= 11 is 2.99. The highest BCUT2D eigenvalue weighted by Crippen LogP contribution is 2.31. The van der Waals surface area contributed by atoms with E-state index in [1.54, 1.807) is 0 Å². The number of nitro groups is 1. The number of ether oxygens (including phenoxy) is 1. The number of nitriles is 1. The Bertz CT molecular complexity index is 528. The molecule has 102 valence electrons. The van der Waals surface area contributed by atoms with Gasteiger partial charge in [-0.05, 0) is 22.0 Å². The average molecular weight is 339 g/mol. The second kappa shape index (κ2) is 5.88. The number of rotatable bonds is 4. The maximum atomic E-state index is 12.3. The van der Waals surface area contributed by atoms with Gasteiger partial charge in [-0.3, -0.25) is 10.1 Å². The molecule has 0 spiro atoms. The van der Waals surface area contributed by atoms with E-state index in [9.17, 15) is 23.3 Å². The van der Waals surface area contributed by atoms with Gasteiger partial charge in [0, 0.05) is 6.07 Å². The summed E-state index contributed by atoms with van der Waals surface area (Å²) in [4.78, 5) is 9.82. The molecule has 0 bridgehead atoms. The van der Waals surface area contributed by atoms with Crippen LogP contribution in [0.2, 0.25) is 0 Å². The Morgan fingerprint density at radius 1 is 1.53 bits per heavy atom. The van der Waals surface area contributed by atoms with Gasteiger partial charge < -0.3 is 4.74 Å². The molecule has 9 heteroatoms. The summed E-state index contributed by atoms with van der Waals surface area (Å²) in [6.45, 7) is -0.931. The minimum Gasteiger partial charge on any atom is -0.490 e. The third-order valence-corrected chi connectivity index (χ3v) is 2.74. The maximum Gasteiger partial charge on any atom is 0.407 e. The first-order chi connectivity index (χ1) is 8.75. The Morgan fingerprint density at radius 2 is 2.16 bits per heavy atom. The van der Waals surface area contributed by atoms with E-state index in [-0.39, 0.29) is 15.9 Å². The topological polar surface area (TPSA) is 76.2 Å². The number of alkyl halides is 3. The molecule has 1 rings (SSSR count). The van der Waals surface area contributed by atoms with Crippen molar-refractivity contribution in [2.24, 2.45) is 5.92 Å². The molecule has 0 N–H and O–H groups in total. The highest BCUT2D eigenvalue weighted by atomic mass is 79.9. The third kappa shape index (κ3) is 4.10.